The van der Waals surface area contributed by atoms with Gasteiger partial charge in [-0.3, -0.25) is 4.79 Å². The third-order valence-corrected chi connectivity index (χ3v) is 5.60. The van der Waals surface area contributed by atoms with Crippen LogP contribution in [0.4, 0.5) is 0 Å². The molecule has 2 aliphatic rings. The monoisotopic (exact) mass is 399 g/mol. The molecule has 1 unspecified atom stereocenters. The van der Waals surface area contributed by atoms with Gasteiger partial charge in [-0.25, -0.2) is 4.79 Å². The van der Waals surface area contributed by atoms with Gasteiger partial charge < -0.3 is 19.1 Å². The van der Waals surface area contributed by atoms with E-state index in [9.17, 15) is 9.59 Å². The van der Waals surface area contributed by atoms with Gasteiger partial charge in [0.25, 0.3) is 0 Å². The van der Waals surface area contributed by atoms with Crippen LogP contribution in [0, 0.1) is 5.92 Å². The minimum atomic E-state index is -0.425. The van der Waals surface area contributed by atoms with Crippen molar-refractivity contribution in [3.63, 3.8) is 0 Å². The van der Waals surface area contributed by atoms with Gasteiger partial charge in [-0.1, -0.05) is 30.4 Å². The second kappa shape index (κ2) is 9.27. The van der Waals surface area contributed by atoms with E-state index in [4.69, 9.17) is 14.2 Å². The van der Waals surface area contributed by atoms with Crippen LogP contribution in [0.3, 0.4) is 0 Å². The first kappa shape index (κ1) is 21.1. The Hall–Kier alpha value is -2.60. The molecule has 0 spiro atoms. The highest BCUT2D eigenvalue weighted by molar-refractivity contribution is 5.95. The number of nitrogens with zero attached hydrogens (tertiary/aromatic N) is 1. The zero-order chi connectivity index (χ0) is 21.0. The van der Waals surface area contributed by atoms with E-state index in [0.29, 0.717) is 23.6 Å². The SMILES string of the molecule is C=C(C)[C@H]1CC(=O)N(CC2CCCO2)C(C)=C1C(=O)OCc1ccccc1OC. The number of hydrogen-bond acceptors (Lipinski definition) is 5. The minimum Gasteiger partial charge on any atom is -0.496 e. The van der Waals surface area contributed by atoms with Crippen molar-refractivity contribution in [3.05, 3.63) is 53.3 Å². The van der Waals surface area contributed by atoms with Crippen LogP contribution >= 0.6 is 0 Å². The lowest BCUT2D eigenvalue weighted by atomic mass is 9.84. The summed E-state index contributed by atoms with van der Waals surface area (Å²) in [4.78, 5) is 27.5. The van der Waals surface area contributed by atoms with E-state index < -0.39 is 5.97 Å². The molecule has 1 saturated heterocycles. The number of benzene rings is 1. The smallest absolute Gasteiger partial charge is 0.336 e. The molecule has 0 radical (unpaired) electrons. The Balaban J connectivity index is 1.82. The summed E-state index contributed by atoms with van der Waals surface area (Å²) in [6.45, 7) is 8.93. The molecule has 0 N–H and O–H groups in total. The quantitative estimate of drug-likeness (QED) is 0.518. The van der Waals surface area contributed by atoms with E-state index >= 15 is 0 Å². The first-order chi connectivity index (χ1) is 13.9. The molecule has 156 valence electrons. The largest absolute Gasteiger partial charge is 0.496 e. The third-order valence-electron chi connectivity index (χ3n) is 5.60. The van der Waals surface area contributed by atoms with E-state index in [0.717, 1.165) is 30.6 Å². The summed E-state index contributed by atoms with van der Waals surface area (Å²) in [5.41, 5.74) is 2.70. The Labute approximate surface area is 172 Å². The number of esters is 1. The molecule has 0 aliphatic carbocycles. The molecule has 6 heteroatoms. The number of carbonyl (C=O) groups excluding carboxylic acids is 2. The minimum absolute atomic E-state index is 0.00715. The molecule has 1 fully saturated rings. The lowest BCUT2D eigenvalue weighted by molar-refractivity contribution is -0.142. The number of amides is 1. The standard InChI is InChI=1S/C23H29NO5/c1-15(2)19-12-21(25)24(13-18-9-7-11-28-18)16(3)22(19)23(26)29-14-17-8-5-6-10-20(17)27-4/h5-6,8,10,18-19H,1,7,9,11-14H2,2-4H3/t18?,19-/m1/s1. The molecule has 2 atom stereocenters. The molecule has 3 rings (SSSR count). The number of hydrogen-bond donors (Lipinski definition) is 0. The second-order valence-electron chi connectivity index (χ2n) is 7.63. The highest BCUT2D eigenvalue weighted by Crippen LogP contribution is 2.35. The summed E-state index contributed by atoms with van der Waals surface area (Å²) in [5, 5.41) is 0. The number of ether oxygens (including phenoxy) is 3. The van der Waals surface area contributed by atoms with Crippen molar-refractivity contribution in [2.45, 2.75) is 45.8 Å². The summed E-state index contributed by atoms with van der Waals surface area (Å²) < 4.78 is 16.6. The van der Waals surface area contributed by atoms with Crippen LogP contribution in [-0.4, -0.2) is 43.1 Å². The number of rotatable bonds is 7. The van der Waals surface area contributed by atoms with Crippen molar-refractivity contribution in [1.82, 2.24) is 4.90 Å². The number of methoxy groups -OCH3 is 1. The zero-order valence-electron chi connectivity index (χ0n) is 17.4. The summed E-state index contributed by atoms with van der Waals surface area (Å²) in [5.74, 6) is -0.103. The maximum absolute atomic E-state index is 13.1. The number of para-hydroxylation sites is 1. The van der Waals surface area contributed by atoms with Gasteiger partial charge in [0.05, 0.1) is 25.3 Å². The van der Waals surface area contributed by atoms with Crippen molar-refractivity contribution < 1.29 is 23.8 Å². The first-order valence-electron chi connectivity index (χ1n) is 9.99. The maximum atomic E-state index is 13.1. The molecular weight excluding hydrogens is 370 g/mol. The van der Waals surface area contributed by atoms with E-state index in [-0.39, 0.29) is 31.0 Å². The molecule has 6 nitrogen and oxygen atoms in total. The molecule has 0 aromatic heterocycles. The van der Waals surface area contributed by atoms with Crippen LogP contribution in [0.5, 0.6) is 5.75 Å². The zero-order valence-corrected chi connectivity index (χ0v) is 17.4. The van der Waals surface area contributed by atoms with Crippen molar-refractivity contribution in [2.75, 3.05) is 20.3 Å². The molecule has 0 bridgehead atoms. The van der Waals surface area contributed by atoms with Gasteiger partial charge in [0.15, 0.2) is 0 Å². The van der Waals surface area contributed by atoms with Crippen LogP contribution in [0.2, 0.25) is 0 Å². The van der Waals surface area contributed by atoms with Crippen molar-refractivity contribution in [2.24, 2.45) is 5.92 Å². The molecular formula is C23H29NO5. The summed E-state index contributed by atoms with van der Waals surface area (Å²) >= 11 is 0. The van der Waals surface area contributed by atoms with Crippen molar-refractivity contribution in [3.8, 4) is 5.75 Å². The van der Waals surface area contributed by atoms with E-state index in [1.54, 1.807) is 12.0 Å². The van der Waals surface area contributed by atoms with Gasteiger partial charge in [0, 0.05) is 30.2 Å². The lowest BCUT2D eigenvalue weighted by Gasteiger charge is -2.35. The highest BCUT2D eigenvalue weighted by atomic mass is 16.5. The maximum Gasteiger partial charge on any atom is 0.336 e. The molecule has 1 aromatic carbocycles. The fraction of sp³-hybridized carbons (Fsp3) is 0.478. The van der Waals surface area contributed by atoms with Gasteiger partial charge in [-0.15, -0.1) is 0 Å². The molecule has 1 amide bonds. The number of allylic oxidation sites excluding steroid dienone is 2. The van der Waals surface area contributed by atoms with Crippen molar-refractivity contribution in [1.29, 1.82) is 0 Å². The Kier molecular flexibility index (Phi) is 6.75. The Morgan fingerprint density at radius 2 is 2.10 bits per heavy atom. The van der Waals surface area contributed by atoms with Crippen LogP contribution in [0.25, 0.3) is 0 Å². The fourth-order valence-corrected chi connectivity index (χ4v) is 3.96. The summed E-state index contributed by atoms with van der Waals surface area (Å²) in [6.07, 6.45) is 2.16. The molecule has 0 saturated carbocycles. The van der Waals surface area contributed by atoms with Crippen molar-refractivity contribution >= 4 is 11.9 Å². The highest BCUT2D eigenvalue weighted by Gasteiger charge is 2.37. The summed E-state index contributed by atoms with van der Waals surface area (Å²) in [7, 11) is 1.58. The first-order valence-corrected chi connectivity index (χ1v) is 9.99. The molecule has 2 aliphatic heterocycles. The van der Waals surface area contributed by atoms with Gasteiger partial charge >= 0.3 is 5.97 Å². The van der Waals surface area contributed by atoms with E-state index in [2.05, 4.69) is 6.58 Å². The van der Waals surface area contributed by atoms with Gasteiger partial charge in [0.2, 0.25) is 5.91 Å². The van der Waals surface area contributed by atoms with Gasteiger partial charge in [-0.2, -0.15) is 0 Å². The summed E-state index contributed by atoms with van der Waals surface area (Å²) in [6, 6.07) is 7.42. The lowest BCUT2D eigenvalue weighted by Crippen LogP contribution is -2.42. The Morgan fingerprint density at radius 3 is 2.76 bits per heavy atom. The predicted molar refractivity (Wildman–Crippen MR) is 109 cm³/mol. The Bertz CT molecular complexity index is 822. The average Bonchev–Trinajstić information content (AvgIpc) is 3.22. The van der Waals surface area contributed by atoms with Crippen LogP contribution in [0.15, 0.2) is 47.7 Å². The molecule has 1 aromatic rings. The van der Waals surface area contributed by atoms with Crippen LogP contribution in [-0.2, 0) is 25.7 Å². The third kappa shape index (κ3) is 4.70. The van der Waals surface area contributed by atoms with Crippen LogP contribution < -0.4 is 4.74 Å². The average molecular weight is 399 g/mol. The number of carbonyl (C=O) groups is 2. The van der Waals surface area contributed by atoms with E-state index in [1.165, 1.54) is 0 Å². The van der Waals surface area contributed by atoms with Gasteiger partial charge in [-0.05, 0) is 32.8 Å². The van der Waals surface area contributed by atoms with E-state index in [1.807, 2.05) is 38.1 Å². The Morgan fingerprint density at radius 1 is 1.34 bits per heavy atom. The normalized spacial score (nSPS) is 22.0. The van der Waals surface area contributed by atoms with Gasteiger partial charge in [0.1, 0.15) is 12.4 Å². The van der Waals surface area contributed by atoms with Crippen LogP contribution in [0.1, 0.15) is 38.7 Å². The second-order valence-corrected chi connectivity index (χ2v) is 7.63. The topological polar surface area (TPSA) is 65.1 Å². The molecule has 29 heavy (non-hydrogen) atoms. The predicted octanol–water partition coefficient (Wildman–Crippen LogP) is 3.62. The fourth-order valence-electron chi connectivity index (χ4n) is 3.96. The molecule has 2 heterocycles.